The van der Waals surface area contributed by atoms with E-state index in [9.17, 15) is 18.0 Å². The Morgan fingerprint density at radius 2 is 1.92 bits per heavy atom. The minimum atomic E-state index is -4.42. The second kappa shape index (κ2) is 9.32. The summed E-state index contributed by atoms with van der Waals surface area (Å²) in [5.74, 6) is 5.25. The van der Waals surface area contributed by atoms with E-state index in [1.54, 1.807) is 0 Å². The van der Waals surface area contributed by atoms with Gasteiger partial charge in [-0.25, -0.2) is 9.78 Å². The zero-order valence-electron chi connectivity index (χ0n) is 13.5. The summed E-state index contributed by atoms with van der Waals surface area (Å²) in [4.78, 5) is 15.2. The van der Waals surface area contributed by atoms with E-state index in [-0.39, 0.29) is 19.0 Å². The van der Waals surface area contributed by atoms with Crippen LogP contribution in [0, 0.1) is 11.8 Å². The summed E-state index contributed by atoms with van der Waals surface area (Å²) in [5.41, 5.74) is 1.34. The number of carbonyl (C=O) groups excluding carboxylic acids is 1. The van der Waals surface area contributed by atoms with Crippen LogP contribution in [0.3, 0.4) is 0 Å². The van der Waals surface area contributed by atoms with E-state index >= 15 is 0 Å². The number of amides is 1. The van der Waals surface area contributed by atoms with E-state index in [1.807, 2.05) is 30.3 Å². The molecule has 1 aromatic heterocycles. The zero-order chi connectivity index (χ0) is 18.8. The van der Waals surface area contributed by atoms with Gasteiger partial charge in [0.1, 0.15) is 6.61 Å². The zero-order valence-corrected chi connectivity index (χ0v) is 13.5. The van der Waals surface area contributed by atoms with Crippen LogP contribution in [0.1, 0.15) is 11.1 Å². The molecule has 1 heterocycles. The first-order valence-electron chi connectivity index (χ1n) is 7.51. The molecule has 0 atom stereocenters. The second-order valence-electron chi connectivity index (χ2n) is 5.01. The monoisotopic (exact) mass is 364 g/mol. The lowest BCUT2D eigenvalue weighted by atomic mass is 10.2. The molecule has 2 aromatic rings. The van der Waals surface area contributed by atoms with Crippen molar-refractivity contribution in [1.29, 1.82) is 0 Å². The number of rotatable bonds is 5. The molecule has 0 saturated heterocycles. The van der Waals surface area contributed by atoms with Crippen molar-refractivity contribution in [1.82, 2.24) is 10.3 Å². The molecular formula is C18H15F3N2O3. The summed E-state index contributed by atoms with van der Waals surface area (Å²) >= 11 is 0. The molecule has 0 spiro atoms. The van der Waals surface area contributed by atoms with Crippen molar-refractivity contribution < 1.29 is 27.4 Å². The van der Waals surface area contributed by atoms with Gasteiger partial charge in [-0.2, -0.15) is 13.2 Å². The second-order valence-corrected chi connectivity index (χ2v) is 5.01. The third-order valence-electron chi connectivity index (χ3n) is 2.89. The van der Waals surface area contributed by atoms with Crippen LogP contribution in [0.25, 0.3) is 0 Å². The summed E-state index contributed by atoms with van der Waals surface area (Å²) in [6.07, 6.45) is -3.73. The fourth-order valence-corrected chi connectivity index (χ4v) is 1.73. The predicted octanol–water partition coefficient (Wildman–Crippen LogP) is 3.30. The van der Waals surface area contributed by atoms with Crippen LogP contribution in [0.15, 0.2) is 48.7 Å². The van der Waals surface area contributed by atoms with Crippen LogP contribution >= 0.6 is 0 Å². The summed E-state index contributed by atoms with van der Waals surface area (Å²) in [5, 5.41) is 2.47. The molecule has 136 valence electrons. The molecule has 1 amide bonds. The Balaban J connectivity index is 1.71. The van der Waals surface area contributed by atoms with Gasteiger partial charge < -0.3 is 14.8 Å². The smallest absolute Gasteiger partial charge is 0.422 e. The molecule has 0 radical (unpaired) electrons. The third kappa shape index (κ3) is 7.57. The number of hydrogen-bond donors (Lipinski definition) is 1. The van der Waals surface area contributed by atoms with Crippen molar-refractivity contribution in [2.45, 2.75) is 12.8 Å². The van der Waals surface area contributed by atoms with Gasteiger partial charge >= 0.3 is 12.3 Å². The Hall–Kier alpha value is -3.21. The lowest BCUT2D eigenvalue weighted by Crippen LogP contribution is -2.24. The molecule has 0 saturated carbocycles. The van der Waals surface area contributed by atoms with Crippen molar-refractivity contribution in [3.05, 3.63) is 59.8 Å². The number of carbonyl (C=O) groups is 1. The first-order valence-corrected chi connectivity index (χ1v) is 7.51. The number of nitrogens with one attached hydrogen (secondary N) is 1. The van der Waals surface area contributed by atoms with Crippen LogP contribution in [-0.4, -0.2) is 30.4 Å². The number of ether oxygens (including phenoxy) is 2. The van der Waals surface area contributed by atoms with Crippen LogP contribution < -0.4 is 10.1 Å². The first kappa shape index (κ1) is 19.1. The van der Waals surface area contributed by atoms with Crippen LogP contribution in [0.2, 0.25) is 0 Å². The Morgan fingerprint density at radius 3 is 2.58 bits per heavy atom. The van der Waals surface area contributed by atoms with Gasteiger partial charge in [-0.3, -0.25) is 0 Å². The largest absolute Gasteiger partial charge is 0.468 e. The van der Waals surface area contributed by atoms with Crippen molar-refractivity contribution in [2.24, 2.45) is 0 Å². The van der Waals surface area contributed by atoms with E-state index in [2.05, 4.69) is 26.9 Å². The van der Waals surface area contributed by atoms with Crippen LogP contribution in [0.5, 0.6) is 5.88 Å². The number of alkyl halides is 3. The van der Waals surface area contributed by atoms with Gasteiger partial charge in [0.2, 0.25) is 5.88 Å². The van der Waals surface area contributed by atoms with Gasteiger partial charge in [0, 0.05) is 17.8 Å². The third-order valence-corrected chi connectivity index (χ3v) is 2.89. The van der Waals surface area contributed by atoms with E-state index in [4.69, 9.17) is 4.74 Å². The number of aromatic nitrogens is 1. The molecule has 0 bridgehead atoms. The van der Waals surface area contributed by atoms with Crippen molar-refractivity contribution >= 4 is 6.09 Å². The maximum Gasteiger partial charge on any atom is 0.422 e. The van der Waals surface area contributed by atoms with Gasteiger partial charge in [0.05, 0.1) is 6.54 Å². The van der Waals surface area contributed by atoms with Gasteiger partial charge in [-0.1, -0.05) is 42.2 Å². The number of pyridine rings is 1. The fraction of sp³-hybridized carbons (Fsp3) is 0.222. The topological polar surface area (TPSA) is 60.5 Å². The molecule has 1 aromatic carbocycles. The van der Waals surface area contributed by atoms with E-state index in [0.717, 1.165) is 5.56 Å². The maximum absolute atomic E-state index is 12.0. The molecule has 0 aliphatic carbocycles. The van der Waals surface area contributed by atoms with Crippen LogP contribution in [-0.2, 0) is 11.3 Å². The van der Waals surface area contributed by atoms with E-state index in [0.29, 0.717) is 5.56 Å². The Kier molecular flexibility index (Phi) is 6.85. The molecular weight excluding hydrogens is 349 g/mol. The Labute approximate surface area is 148 Å². The molecule has 2 rings (SSSR count). The Morgan fingerprint density at radius 1 is 1.15 bits per heavy atom. The standard InChI is InChI=1S/C18H15F3N2O3/c19-18(20,21)13-26-16-9-8-14(11-23-16)7-4-10-22-17(24)25-12-15-5-2-1-3-6-15/h1-3,5-6,8-9,11H,10,12-13H2,(H,22,24). The lowest BCUT2D eigenvalue weighted by molar-refractivity contribution is -0.154. The van der Waals surface area contributed by atoms with Gasteiger partial charge in [-0.15, -0.1) is 0 Å². The number of benzene rings is 1. The molecule has 0 aliphatic rings. The summed E-state index contributed by atoms with van der Waals surface area (Å²) in [6.45, 7) is -1.19. The van der Waals surface area contributed by atoms with Crippen LogP contribution in [0.4, 0.5) is 18.0 Å². The maximum atomic E-state index is 12.0. The number of alkyl carbamates (subject to hydrolysis) is 1. The van der Waals surface area contributed by atoms with Crippen molar-refractivity contribution in [2.75, 3.05) is 13.2 Å². The van der Waals surface area contributed by atoms with E-state index in [1.165, 1.54) is 18.3 Å². The normalized spacial score (nSPS) is 10.4. The molecule has 0 fully saturated rings. The highest BCUT2D eigenvalue weighted by Gasteiger charge is 2.28. The predicted molar refractivity (Wildman–Crippen MR) is 87.3 cm³/mol. The average Bonchev–Trinajstić information content (AvgIpc) is 2.63. The van der Waals surface area contributed by atoms with Crippen molar-refractivity contribution in [3.63, 3.8) is 0 Å². The molecule has 26 heavy (non-hydrogen) atoms. The summed E-state index contributed by atoms with van der Waals surface area (Å²) in [6, 6.07) is 12.0. The number of hydrogen-bond acceptors (Lipinski definition) is 4. The first-order chi connectivity index (χ1) is 12.4. The number of nitrogens with zero attached hydrogens (tertiary/aromatic N) is 1. The average molecular weight is 364 g/mol. The van der Waals surface area contributed by atoms with Gasteiger partial charge in [0.25, 0.3) is 0 Å². The number of halogens is 3. The molecule has 0 aliphatic heterocycles. The summed E-state index contributed by atoms with van der Waals surface area (Å²) in [7, 11) is 0. The highest BCUT2D eigenvalue weighted by atomic mass is 19.4. The minimum Gasteiger partial charge on any atom is -0.468 e. The molecule has 1 N–H and O–H groups in total. The van der Waals surface area contributed by atoms with E-state index < -0.39 is 18.9 Å². The highest BCUT2D eigenvalue weighted by molar-refractivity contribution is 5.67. The highest BCUT2D eigenvalue weighted by Crippen LogP contribution is 2.16. The quantitative estimate of drug-likeness (QED) is 0.827. The molecule has 8 heteroatoms. The van der Waals surface area contributed by atoms with Gasteiger partial charge in [0.15, 0.2) is 6.61 Å². The summed E-state index contributed by atoms with van der Waals surface area (Å²) < 4.78 is 45.6. The minimum absolute atomic E-state index is 0.0555. The molecule has 5 nitrogen and oxygen atoms in total. The van der Waals surface area contributed by atoms with Crippen molar-refractivity contribution in [3.8, 4) is 17.7 Å². The lowest BCUT2D eigenvalue weighted by Gasteiger charge is -2.07. The van der Waals surface area contributed by atoms with Gasteiger partial charge in [-0.05, 0) is 11.6 Å². The SMILES string of the molecule is O=C(NCC#Cc1ccc(OCC(F)(F)F)nc1)OCc1ccccc1. The Bertz CT molecular complexity index is 766. The molecule has 0 unspecified atom stereocenters. The fourth-order valence-electron chi connectivity index (χ4n) is 1.73.